The minimum absolute atomic E-state index is 0.0748. The maximum Gasteiger partial charge on any atom is 0.269 e. The molecule has 1 aliphatic rings. The molecule has 23 heavy (non-hydrogen) atoms. The number of amides is 1. The predicted octanol–water partition coefficient (Wildman–Crippen LogP) is 3.50. The molecule has 1 aromatic rings. The Morgan fingerprint density at radius 1 is 1.22 bits per heavy atom. The van der Waals surface area contributed by atoms with Crippen LogP contribution in [0.5, 0.6) is 5.75 Å². The summed E-state index contributed by atoms with van der Waals surface area (Å²) in [7, 11) is 1.52. The number of benzene rings is 1. The quantitative estimate of drug-likeness (QED) is 0.482. The first kappa shape index (κ1) is 20.8. The Hall–Kier alpha value is -2.25. The summed E-state index contributed by atoms with van der Waals surface area (Å²) in [6, 6.07) is 5.91. The third kappa shape index (κ3) is 8.08. The summed E-state index contributed by atoms with van der Waals surface area (Å²) in [5.74, 6) is -1.92. The van der Waals surface area contributed by atoms with Gasteiger partial charge in [-0.2, -0.15) is 0 Å². The van der Waals surface area contributed by atoms with E-state index in [-0.39, 0.29) is 31.6 Å². The van der Waals surface area contributed by atoms with Crippen molar-refractivity contribution in [2.75, 3.05) is 20.2 Å². The van der Waals surface area contributed by atoms with Crippen molar-refractivity contribution >= 4 is 12.1 Å². The standard InChI is InChI=1S/C7H7NO3.C6H9F2NO.C2H6/c1-11-7-4-2-6(3-5-7)8(9)10;7-6(8)1-3-9(5-10)4-2-6;1-2/h2-5H,1H3;5H,1-4H2;1-2H3. The van der Waals surface area contributed by atoms with Gasteiger partial charge in [0.25, 0.3) is 11.6 Å². The molecule has 1 fully saturated rings. The number of non-ortho nitro benzene ring substituents is 1. The lowest BCUT2D eigenvalue weighted by atomic mass is 10.1. The fourth-order valence-electron chi connectivity index (χ4n) is 1.66. The molecule has 2 rings (SSSR count). The van der Waals surface area contributed by atoms with E-state index in [9.17, 15) is 23.7 Å². The molecule has 1 saturated heterocycles. The Morgan fingerprint density at radius 2 is 1.70 bits per heavy atom. The van der Waals surface area contributed by atoms with Crippen molar-refractivity contribution in [1.82, 2.24) is 4.90 Å². The molecule has 0 unspecified atom stereocenters. The van der Waals surface area contributed by atoms with Crippen molar-refractivity contribution < 1.29 is 23.2 Å². The van der Waals surface area contributed by atoms with Gasteiger partial charge < -0.3 is 9.64 Å². The topological polar surface area (TPSA) is 72.7 Å². The van der Waals surface area contributed by atoms with Gasteiger partial charge in [0.2, 0.25) is 6.41 Å². The Balaban J connectivity index is 0.000000381. The van der Waals surface area contributed by atoms with E-state index in [1.54, 1.807) is 12.1 Å². The first-order valence-corrected chi connectivity index (χ1v) is 7.23. The Labute approximate surface area is 134 Å². The number of methoxy groups -OCH3 is 1. The number of likely N-dealkylation sites (tertiary alicyclic amines) is 1. The highest BCUT2D eigenvalue weighted by Gasteiger charge is 2.33. The van der Waals surface area contributed by atoms with Crippen LogP contribution in [0.25, 0.3) is 0 Å². The van der Waals surface area contributed by atoms with Crippen LogP contribution in [0, 0.1) is 10.1 Å². The highest BCUT2D eigenvalue weighted by Crippen LogP contribution is 2.26. The van der Waals surface area contributed by atoms with Crippen molar-refractivity contribution in [2.24, 2.45) is 0 Å². The molecule has 6 nitrogen and oxygen atoms in total. The number of hydrogen-bond donors (Lipinski definition) is 0. The van der Waals surface area contributed by atoms with E-state index >= 15 is 0 Å². The van der Waals surface area contributed by atoms with Gasteiger partial charge in [0.1, 0.15) is 5.75 Å². The highest BCUT2D eigenvalue weighted by atomic mass is 19.3. The van der Waals surface area contributed by atoms with Gasteiger partial charge in [-0.1, -0.05) is 13.8 Å². The fourth-order valence-corrected chi connectivity index (χ4v) is 1.66. The van der Waals surface area contributed by atoms with Crippen LogP contribution in [-0.4, -0.2) is 42.4 Å². The van der Waals surface area contributed by atoms with Crippen molar-refractivity contribution in [3.8, 4) is 5.75 Å². The number of piperidine rings is 1. The second-order valence-electron chi connectivity index (χ2n) is 4.45. The number of carbonyl (C=O) groups is 1. The molecular weight excluding hydrogens is 310 g/mol. The minimum Gasteiger partial charge on any atom is -0.497 e. The zero-order valence-electron chi connectivity index (χ0n) is 13.5. The van der Waals surface area contributed by atoms with Crippen LogP contribution >= 0.6 is 0 Å². The molecule has 8 heteroatoms. The summed E-state index contributed by atoms with van der Waals surface area (Å²) in [6.07, 6.45) is 0.243. The number of nitro groups is 1. The van der Waals surface area contributed by atoms with Crippen molar-refractivity contribution in [1.29, 1.82) is 0 Å². The molecule has 0 bridgehead atoms. The van der Waals surface area contributed by atoms with E-state index in [4.69, 9.17) is 4.74 Å². The second kappa shape index (κ2) is 10.5. The fraction of sp³-hybridized carbons (Fsp3) is 0.533. The molecule has 0 aliphatic carbocycles. The highest BCUT2D eigenvalue weighted by molar-refractivity contribution is 5.47. The van der Waals surface area contributed by atoms with Crippen LogP contribution in [0.15, 0.2) is 24.3 Å². The number of halogens is 2. The van der Waals surface area contributed by atoms with E-state index in [0.717, 1.165) is 0 Å². The van der Waals surface area contributed by atoms with E-state index in [0.29, 0.717) is 12.2 Å². The minimum atomic E-state index is -2.54. The van der Waals surface area contributed by atoms with E-state index < -0.39 is 10.8 Å². The van der Waals surface area contributed by atoms with Gasteiger partial charge in [-0.05, 0) is 12.1 Å². The molecule has 0 aromatic heterocycles. The van der Waals surface area contributed by atoms with Crippen LogP contribution in [-0.2, 0) is 4.79 Å². The van der Waals surface area contributed by atoms with Crippen LogP contribution in [0.1, 0.15) is 26.7 Å². The molecular formula is C15H22F2N2O4. The van der Waals surface area contributed by atoms with E-state index in [1.807, 2.05) is 13.8 Å². The van der Waals surface area contributed by atoms with Gasteiger partial charge in [-0.15, -0.1) is 0 Å². The first-order valence-electron chi connectivity index (χ1n) is 7.23. The van der Waals surface area contributed by atoms with Crippen LogP contribution in [0.2, 0.25) is 0 Å². The number of alkyl halides is 2. The van der Waals surface area contributed by atoms with Crippen molar-refractivity contribution in [3.63, 3.8) is 0 Å². The Bertz CT molecular complexity index is 471. The van der Waals surface area contributed by atoms with Gasteiger partial charge in [-0.25, -0.2) is 8.78 Å². The number of nitrogens with zero attached hydrogens (tertiary/aromatic N) is 2. The molecule has 1 heterocycles. The van der Waals surface area contributed by atoms with E-state index in [1.165, 1.54) is 24.1 Å². The van der Waals surface area contributed by atoms with Gasteiger partial charge in [-0.3, -0.25) is 14.9 Å². The Morgan fingerprint density at radius 3 is 2.04 bits per heavy atom. The van der Waals surface area contributed by atoms with Gasteiger partial charge in [0, 0.05) is 38.1 Å². The summed E-state index contributed by atoms with van der Waals surface area (Å²) in [5, 5.41) is 10.2. The maximum absolute atomic E-state index is 12.4. The average molecular weight is 332 g/mol. The summed E-state index contributed by atoms with van der Waals surface area (Å²) < 4.78 is 29.6. The monoisotopic (exact) mass is 332 g/mol. The Kier molecular flexibility index (Phi) is 9.45. The molecule has 0 saturated carbocycles. The normalized spacial score (nSPS) is 15.3. The van der Waals surface area contributed by atoms with Crippen molar-refractivity contribution in [2.45, 2.75) is 32.6 Å². The number of nitro benzene ring substituents is 1. The van der Waals surface area contributed by atoms with Gasteiger partial charge >= 0.3 is 0 Å². The lowest BCUT2D eigenvalue weighted by Gasteiger charge is -2.28. The zero-order chi connectivity index (χ0) is 17.9. The SMILES string of the molecule is CC.COc1ccc([N+](=O)[O-])cc1.O=CN1CCC(F)(F)CC1. The van der Waals surface area contributed by atoms with Gasteiger partial charge in [0.15, 0.2) is 0 Å². The van der Waals surface area contributed by atoms with Gasteiger partial charge in [0.05, 0.1) is 12.0 Å². The predicted molar refractivity (Wildman–Crippen MR) is 82.8 cm³/mol. The summed E-state index contributed by atoms with van der Waals surface area (Å²) in [4.78, 5) is 21.1. The third-order valence-electron chi connectivity index (χ3n) is 2.96. The number of hydrogen-bond acceptors (Lipinski definition) is 4. The molecule has 0 spiro atoms. The molecule has 0 N–H and O–H groups in total. The molecule has 1 aromatic carbocycles. The molecule has 130 valence electrons. The number of carbonyl (C=O) groups excluding carboxylic acids is 1. The lowest BCUT2D eigenvalue weighted by molar-refractivity contribution is -0.384. The number of ether oxygens (including phenoxy) is 1. The summed E-state index contributed by atoms with van der Waals surface area (Å²) in [6.45, 7) is 4.38. The lowest BCUT2D eigenvalue weighted by Crippen LogP contribution is -2.38. The summed E-state index contributed by atoms with van der Waals surface area (Å²) >= 11 is 0. The smallest absolute Gasteiger partial charge is 0.269 e. The zero-order valence-corrected chi connectivity index (χ0v) is 13.5. The van der Waals surface area contributed by atoms with Crippen LogP contribution in [0.3, 0.4) is 0 Å². The maximum atomic E-state index is 12.4. The van der Waals surface area contributed by atoms with E-state index in [2.05, 4.69) is 0 Å². The molecule has 1 aliphatic heterocycles. The third-order valence-corrected chi connectivity index (χ3v) is 2.96. The average Bonchev–Trinajstić information content (AvgIpc) is 2.57. The van der Waals surface area contributed by atoms with Crippen molar-refractivity contribution in [3.05, 3.63) is 34.4 Å². The molecule has 0 radical (unpaired) electrons. The molecule has 1 amide bonds. The van der Waals surface area contributed by atoms with Crippen LogP contribution in [0.4, 0.5) is 14.5 Å². The van der Waals surface area contributed by atoms with Crippen LogP contribution < -0.4 is 4.74 Å². The first-order chi connectivity index (χ1) is 10.9. The summed E-state index contributed by atoms with van der Waals surface area (Å²) in [5.41, 5.74) is 0.0748. The largest absolute Gasteiger partial charge is 0.497 e. The number of rotatable bonds is 3. The second-order valence-corrected chi connectivity index (χ2v) is 4.45. The molecule has 0 atom stereocenters.